The third kappa shape index (κ3) is 4.39. The van der Waals surface area contributed by atoms with Crippen LogP contribution in [0.5, 0.6) is 11.5 Å². The van der Waals surface area contributed by atoms with Gasteiger partial charge in [-0.1, -0.05) is 17.7 Å². The van der Waals surface area contributed by atoms with Crippen molar-refractivity contribution in [1.29, 1.82) is 0 Å². The van der Waals surface area contributed by atoms with Crippen molar-refractivity contribution in [2.45, 2.75) is 6.54 Å². The second-order valence-electron chi connectivity index (χ2n) is 7.04. The fourth-order valence-electron chi connectivity index (χ4n) is 3.37. The summed E-state index contributed by atoms with van der Waals surface area (Å²) >= 11 is 6.25. The highest BCUT2D eigenvalue weighted by atomic mass is 35.5. The molecule has 2 bridgehead atoms. The Bertz CT molecular complexity index is 1090. The van der Waals surface area contributed by atoms with Gasteiger partial charge in [-0.25, -0.2) is 9.97 Å². The lowest BCUT2D eigenvalue weighted by Crippen LogP contribution is -2.36. The molecular formula is C21H22ClN5O3. The summed E-state index contributed by atoms with van der Waals surface area (Å²) in [5.41, 5.74) is 2.51. The van der Waals surface area contributed by atoms with E-state index in [0.717, 1.165) is 22.2 Å². The molecule has 1 aliphatic heterocycles. The van der Waals surface area contributed by atoms with Gasteiger partial charge in [0, 0.05) is 28.7 Å². The predicted molar refractivity (Wildman–Crippen MR) is 116 cm³/mol. The summed E-state index contributed by atoms with van der Waals surface area (Å²) in [6, 6.07) is 9.27. The largest absolute Gasteiger partial charge is 0.493 e. The molecule has 4 rings (SSSR count). The van der Waals surface area contributed by atoms with Crippen molar-refractivity contribution in [2.24, 2.45) is 0 Å². The minimum Gasteiger partial charge on any atom is -0.493 e. The number of ether oxygens (including phenoxy) is 2. The first-order chi connectivity index (χ1) is 14.5. The zero-order chi connectivity index (χ0) is 21.1. The maximum Gasteiger partial charge on any atom is 0.234 e. The highest BCUT2D eigenvalue weighted by Gasteiger charge is 2.15. The summed E-state index contributed by atoms with van der Waals surface area (Å²) in [7, 11) is 3.47. The smallest absolute Gasteiger partial charge is 0.234 e. The minimum absolute atomic E-state index is 0.0731. The van der Waals surface area contributed by atoms with Crippen LogP contribution in [0.1, 0.15) is 5.56 Å². The van der Waals surface area contributed by atoms with E-state index in [-0.39, 0.29) is 12.5 Å². The summed E-state index contributed by atoms with van der Waals surface area (Å²) in [4.78, 5) is 23.0. The standard InChI is InChI=1S/C21H22ClN5O3/c1-27-10-13-3-4-14(22)7-16(13)26-21-15-8-19(30-6-5-23-20(28)11-27)18(29-2)9-17(15)24-12-25-21/h3-4,7-9,12H,5-6,10-11H2,1-2H3,(H,23,28)(H,24,25,26). The number of nitrogens with one attached hydrogen (secondary N) is 2. The maximum absolute atomic E-state index is 12.2. The molecule has 8 nitrogen and oxygen atoms in total. The molecule has 0 radical (unpaired) electrons. The Balaban J connectivity index is 1.83. The number of aromatic nitrogens is 2. The Kier molecular flexibility index (Phi) is 5.87. The summed E-state index contributed by atoms with van der Waals surface area (Å²) in [5, 5.41) is 7.64. The highest BCUT2D eigenvalue weighted by Crippen LogP contribution is 2.35. The van der Waals surface area contributed by atoms with Gasteiger partial charge in [0.25, 0.3) is 0 Å². The van der Waals surface area contributed by atoms with E-state index in [2.05, 4.69) is 20.6 Å². The number of amides is 1. The number of benzene rings is 2. The van der Waals surface area contributed by atoms with Gasteiger partial charge in [-0.15, -0.1) is 0 Å². The van der Waals surface area contributed by atoms with E-state index in [4.69, 9.17) is 21.1 Å². The number of hydrogen-bond donors (Lipinski definition) is 2. The summed E-state index contributed by atoms with van der Waals surface area (Å²) in [5.74, 6) is 1.67. The molecule has 0 saturated heterocycles. The van der Waals surface area contributed by atoms with Crippen LogP contribution in [0.3, 0.4) is 0 Å². The number of rotatable bonds is 1. The number of methoxy groups -OCH3 is 1. The molecule has 2 N–H and O–H groups in total. The van der Waals surface area contributed by atoms with Crippen molar-refractivity contribution in [3.63, 3.8) is 0 Å². The molecule has 0 fully saturated rings. The van der Waals surface area contributed by atoms with E-state index in [1.165, 1.54) is 6.33 Å². The van der Waals surface area contributed by atoms with Crippen LogP contribution < -0.4 is 20.1 Å². The van der Waals surface area contributed by atoms with Crippen molar-refractivity contribution in [2.75, 3.05) is 39.2 Å². The van der Waals surface area contributed by atoms with Crippen LogP contribution in [0.2, 0.25) is 5.02 Å². The van der Waals surface area contributed by atoms with Gasteiger partial charge in [0.15, 0.2) is 11.5 Å². The first-order valence-electron chi connectivity index (χ1n) is 9.49. The monoisotopic (exact) mass is 427 g/mol. The maximum atomic E-state index is 12.2. The molecule has 0 spiro atoms. The molecule has 1 aromatic heterocycles. The summed E-state index contributed by atoms with van der Waals surface area (Å²) in [6.45, 7) is 1.52. The predicted octanol–water partition coefficient (Wildman–Crippen LogP) is 2.98. The molecule has 3 aromatic rings. The van der Waals surface area contributed by atoms with Gasteiger partial charge in [-0.2, -0.15) is 0 Å². The van der Waals surface area contributed by atoms with E-state index in [0.29, 0.717) is 42.0 Å². The quantitative estimate of drug-likeness (QED) is 0.617. The first-order valence-corrected chi connectivity index (χ1v) is 9.87. The van der Waals surface area contributed by atoms with Gasteiger partial charge >= 0.3 is 0 Å². The average molecular weight is 428 g/mol. The zero-order valence-electron chi connectivity index (χ0n) is 16.7. The molecule has 2 heterocycles. The molecule has 0 aliphatic carbocycles. The zero-order valence-corrected chi connectivity index (χ0v) is 17.5. The number of carbonyl (C=O) groups excluding carboxylic acids is 1. The third-order valence-electron chi connectivity index (χ3n) is 4.78. The second-order valence-corrected chi connectivity index (χ2v) is 7.48. The van der Waals surface area contributed by atoms with Gasteiger partial charge in [-0.3, -0.25) is 9.69 Å². The van der Waals surface area contributed by atoms with E-state index in [1.54, 1.807) is 13.2 Å². The molecule has 1 amide bonds. The Hall–Kier alpha value is -3.10. The van der Waals surface area contributed by atoms with Crippen molar-refractivity contribution >= 4 is 39.9 Å². The van der Waals surface area contributed by atoms with Crippen LogP contribution in [0, 0.1) is 0 Å². The number of anilines is 2. The van der Waals surface area contributed by atoms with Crippen LogP contribution in [0.4, 0.5) is 11.5 Å². The average Bonchev–Trinajstić information content (AvgIpc) is 2.72. The lowest BCUT2D eigenvalue weighted by Gasteiger charge is -2.19. The number of halogens is 1. The Morgan fingerprint density at radius 3 is 2.90 bits per heavy atom. The van der Waals surface area contributed by atoms with E-state index < -0.39 is 0 Å². The normalized spacial score (nSPS) is 15.4. The van der Waals surface area contributed by atoms with Gasteiger partial charge in [0.2, 0.25) is 5.91 Å². The molecule has 0 atom stereocenters. The van der Waals surface area contributed by atoms with Gasteiger partial charge < -0.3 is 20.1 Å². The molecule has 2 aromatic carbocycles. The molecule has 1 aliphatic rings. The fourth-order valence-corrected chi connectivity index (χ4v) is 3.54. The van der Waals surface area contributed by atoms with Gasteiger partial charge in [-0.05, 0) is 30.8 Å². The van der Waals surface area contributed by atoms with E-state index in [1.807, 2.05) is 36.2 Å². The van der Waals surface area contributed by atoms with Crippen molar-refractivity contribution in [3.8, 4) is 11.5 Å². The molecular weight excluding hydrogens is 406 g/mol. The number of nitrogens with zero attached hydrogens (tertiary/aromatic N) is 3. The van der Waals surface area contributed by atoms with Crippen molar-refractivity contribution in [1.82, 2.24) is 20.2 Å². The fraction of sp³-hybridized carbons (Fsp3) is 0.286. The number of fused-ring (bicyclic) bond motifs is 2. The number of hydrogen-bond acceptors (Lipinski definition) is 7. The van der Waals surface area contributed by atoms with Crippen LogP contribution in [-0.2, 0) is 11.3 Å². The lowest BCUT2D eigenvalue weighted by atomic mass is 10.1. The lowest BCUT2D eigenvalue weighted by molar-refractivity contribution is -0.122. The van der Waals surface area contributed by atoms with E-state index in [9.17, 15) is 4.79 Å². The topological polar surface area (TPSA) is 88.6 Å². The number of carbonyl (C=O) groups is 1. The van der Waals surface area contributed by atoms with Crippen LogP contribution in [0.15, 0.2) is 36.7 Å². The highest BCUT2D eigenvalue weighted by molar-refractivity contribution is 6.30. The van der Waals surface area contributed by atoms with Gasteiger partial charge in [0.05, 0.1) is 25.7 Å². The van der Waals surface area contributed by atoms with Crippen LogP contribution in [-0.4, -0.2) is 54.6 Å². The Morgan fingerprint density at radius 2 is 2.07 bits per heavy atom. The summed E-state index contributed by atoms with van der Waals surface area (Å²) in [6.07, 6.45) is 1.50. The Labute approximate surface area is 179 Å². The third-order valence-corrected chi connectivity index (χ3v) is 5.02. The summed E-state index contributed by atoms with van der Waals surface area (Å²) < 4.78 is 11.3. The van der Waals surface area contributed by atoms with Crippen molar-refractivity contribution in [3.05, 3.63) is 47.2 Å². The number of likely N-dealkylation sites (N-methyl/N-ethyl adjacent to an activating group) is 1. The van der Waals surface area contributed by atoms with E-state index >= 15 is 0 Å². The molecule has 0 saturated carbocycles. The molecule has 0 unspecified atom stereocenters. The molecule has 156 valence electrons. The minimum atomic E-state index is -0.0731. The Morgan fingerprint density at radius 1 is 1.20 bits per heavy atom. The molecule has 30 heavy (non-hydrogen) atoms. The van der Waals surface area contributed by atoms with Crippen LogP contribution >= 0.6 is 11.6 Å². The van der Waals surface area contributed by atoms with Gasteiger partial charge in [0.1, 0.15) is 18.8 Å². The molecule has 9 heteroatoms. The first kappa shape index (κ1) is 20.2. The second kappa shape index (κ2) is 8.73. The van der Waals surface area contributed by atoms with Crippen molar-refractivity contribution < 1.29 is 14.3 Å². The SMILES string of the molecule is COc1cc2ncnc3c2cc1OCCNC(=O)CN(C)Cc1ccc(Cl)cc1N3. The van der Waals surface area contributed by atoms with Crippen LogP contribution in [0.25, 0.3) is 10.9 Å².